The predicted octanol–water partition coefficient (Wildman–Crippen LogP) is 2.70. The highest BCUT2D eigenvalue weighted by molar-refractivity contribution is 5.79. The van der Waals surface area contributed by atoms with Crippen LogP contribution in [-0.4, -0.2) is 36.5 Å². The third-order valence-corrected chi connectivity index (χ3v) is 4.03. The number of hydrogen-bond donors (Lipinski definition) is 1. The second kappa shape index (κ2) is 6.69. The SMILES string of the molecule is CC(Cc1ccc(C(F)(F)F)cc1)C(=O)N1CCNC[C@@H]1C. The highest BCUT2D eigenvalue weighted by Gasteiger charge is 2.30. The Labute approximate surface area is 128 Å². The summed E-state index contributed by atoms with van der Waals surface area (Å²) in [6.07, 6.45) is -3.87. The van der Waals surface area contributed by atoms with Gasteiger partial charge in [-0.1, -0.05) is 19.1 Å². The topological polar surface area (TPSA) is 32.3 Å². The molecule has 0 bridgehead atoms. The van der Waals surface area contributed by atoms with Gasteiger partial charge in [0, 0.05) is 31.6 Å². The van der Waals surface area contributed by atoms with Crippen molar-refractivity contribution in [2.45, 2.75) is 32.5 Å². The molecule has 2 atom stereocenters. The maximum atomic E-state index is 12.5. The molecule has 1 N–H and O–H groups in total. The Kier molecular flexibility index (Phi) is 5.11. The molecule has 0 spiro atoms. The Morgan fingerprint density at radius 1 is 1.36 bits per heavy atom. The molecule has 0 radical (unpaired) electrons. The van der Waals surface area contributed by atoms with E-state index in [-0.39, 0.29) is 17.9 Å². The van der Waals surface area contributed by atoms with Gasteiger partial charge in [-0.3, -0.25) is 4.79 Å². The summed E-state index contributed by atoms with van der Waals surface area (Å²) >= 11 is 0. The quantitative estimate of drug-likeness (QED) is 0.930. The molecule has 1 aromatic rings. The summed E-state index contributed by atoms with van der Waals surface area (Å²) in [5.41, 5.74) is 0.0857. The molecule has 1 aromatic carbocycles. The van der Waals surface area contributed by atoms with Gasteiger partial charge in [-0.25, -0.2) is 0 Å². The van der Waals surface area contributed by atoms with Crippen molar-refractivity contribution in [3.63, 3.8) is 0 Å². The van der Waals surface area contributed by atoms with Crippen molar-refractivity contribution in [1.29, 1.82) is 0 Å². The molecule has 1 saturated heterocycles. The van der Waals surface area contributed by atoms with Crippen LogP contribution >= 0.6 is 0 Å². The van der Waals surface area contributed by atoms with Gasteiger partial charge in [0.25, 0.3) is 0 Å². The van der Waals surface area contributed by atoms with Crippen LogP contribution in [0.1, 0.15) is 25.0 Å². The van der Waals surface area contributed by atoms with Gasteiger partial charge in [0.05, 0.1) is 5.56 Å². The van der Waals surface area contributed by atoms with E-state index in [1.807, 2.05) is 18.7 Å². The number of halogens is 3. The highest BCUT2D eigenvalue weighted by atomic mass is 19.4. The molecular formula is C16H21F3N2O. The molecule has 1 heterocycles. The van der Waals surface area contributed by atoms with Crippen molar-refractivity contribution in [1.82, 2.24) is 10.2 Å². The van der Waals surface area contributed by atoms with Gasteiger partial charge in [-0.2, -0.15) is 13.2 Å². The number of piperazine rings is 1. The van der Waals surface area contributed by atoms with Crippen LogP contribution in [0.5, 0.6) is 0 Å². The largest absolute Gasteiger partial charge is 0.416 e. The molecule has 122 valence electrons. The van der Waals surface area contributed by atoms with E-state index in [1.165, 1.54) is 12.1 Å². The van der Waals surface area contributed by atoms with E-state index < -0.39 is 11.7 Å². The second-order valence-corrected chi connectivity index (χ2v) is 5.88. The standard InChI is InChI=1S/C16H21F3N2O/c1-11(15(22)21-8-7-20-10-12(21)2)9-13-3-5-14(6-4-13)16(17,18)19/h3-6,11-12,20H,7-10H2,1-2H3/t11?,12-/m0/s1. The molecule has 22 heavy (non-hydrogen) atoms. The Bertz CT molecular complexity index is 513. The van der Waals surface area contributed by atoms with E-state index in [1.54, 1.807) is 0 Å². The first-order valence-electron chi connectivity index (χ1n) is 7.46. The zero-order valence-corrected chi connectivity index (χ0v) is 12.8. The van der Waals surface area contributed by atoms with Crippen molar-refractivity contribution < 1.29 is 18.0 Å². The van der Waals surface area contributed by atoms with Crippen LogP contribution in [0.3, 0.4) is 0 Å². The molecule has 3 nitrogen and oxygen atoms in total. The zero-order valence-electron chi connectivity index (χ0n) is 12.8. The first-order valence-corrected chi connectivity index (χ1v) is 7.46. The zero-order chi connectivity index (χ0) is 16.3. The summed E-state index contributed by atoms with van der Waals surface area (Å²) in [5.74, 6) is -0.175. The maximum absolute atomic E-state index is 12.5. The minimum Gasteiger partial charge on any atom is -0.337 e. The number of amides is 1. The number of nitrogens with one attached hydrogen (secondary N) is 1. The Morgan fingerprint density at radius 2 is 2.00 bits per heavy atom. The summed E-state index contributed by atoms with van der Waals surface area (Å²) in [7, 11) is 0. The number of nitrogens with zero attached hydrogens (tertiary/aromatic N) is 1. The average molecular weight is 314 g/mol. The number of carbonyl (C=O) groups excluding carboxylic acids is 1. The lowest BCUT2D eigenvalue weighted by Gasteiger charge is -2.35. The van der Waals surface area contributed by atoms with Crippen molar-refractivity contribution in [3.05, 3.63) is 35.4 Å². The van der Waals surface area contributed by atoms with E-state index in [0.717, 1.165) is 30.8 Å². The van der Waals surface area contributed by atoms with Gasteiger partial charge in [-0.15, -0.1) is 0 Å². The number of rotatable bonds is 3. The lowest BCUT2D eigenvalue weighted by molar-refractivity contribution is -0.138. The Balaban J connectivity index is 1.99. The summed E-state index contributed by atoms with van der Waals surface area (Å²) < 4.78 is 37.6. The lowest BCUT2D eigenvalue weighted by Crippen LogP contribution is -2.53. The van der Waals surface area contributed by atoms with Crippen LogP contribution in [0.15, 0.2) is 24.3 Å². The second-order valence-electron chi connectivity index (χ2n) is 5.88. The normalized spacial score (nSPS) is 20.8. The number of alkyl halides is 3. The Hall–Kier alpha value is -1.56. The molecule has 1 unspecified atom stereocenters. The van der Waals surface area contributed by atoms with E-state index in [9.17, 15) is 18.0 Å². The minimum atomic E-state index is -4.32. The van der Waals surface area contributed by atoms with E-state index in [2.05, 4.69) is 5.32 Å². The fourth-order valence-electron chi connectivity index (χ4n) is 2.72. The molecular weight excluding hydrogens is 293 g/mol. The fourth-order valence-corrected chi connectivity index (χ4v) is 2.72. The molecule has 2 rings (SSSR count). The van der Waals surface area contributed by atoms with Crippen molar-refractivity contribution in [2.75, 3.05) is 19.6 Å². The van der Waals surface area contributed by atoms with E-state index in [4.69, 9.17) is 0 Å². The van der Waals surface area contributed by atoms with Crippen LogP contribution in [0.4, 0.5) is 13.2 Å². The van der Waals surface area contributed by atoms with Gasteiger partial charge in [0.1, 0.15) is 0 Å². The third-order valence-electron chi connectivity index (χ3n) is 4.03. The highest BCUT2D eigenvalue weighted by Crippen LogP contribution is 2.29. The molecule has 1 fully saturated rings. The van der Waals surface area contributed by atoms with Gasteiger partial charge < -0.3 is 10.2 Å². The van der Waals surface area contributed by atoms with Crippen molar-refractivity contribution in [3.8, 4) is 0 Å². The molecule has 0 saturated carbocycles. The van der Waals surface area contributed by atoms with Gasteiger partial charge >= 0.3 is 6.18 Å². The monoisotopic (exact) mass is 314 g/mol. The molecule has 1 aliphatic heterocycles. The summed E-state index contributed by atoms with van der Waals surface area (Å²) in [5, 5.41) is 3.23. The first-order chi connectivity index (χ1) is 10.3. The molecule has 6 heteroatoms. The average Bonchev–Trinajstić information content (AvgIpc) is 2.46. The van der Waals surface area contributed by atoms with E-state index >= 15 is 0 Å². The van der Waals surface area contributed by atoms with Gasteiger partial charge in [0.15, 0.2) is 0 Å². The smallest absolute Gasteiger partial charge is 0.337 e. The molecule has 1 amide bonds. The van der Waals surface area contributed by atoms with Crippen LogP contribution in [0.2, 0.25) is 0 Å². The Morgan fingerprint density at radius 3 is 2.55 bits per heavy atom. The van der Waals surface area contributed by atoms with Gasteiger partial charge in [0.2, 0.25) is 5.91 Å². The van der Waals surface area contributed by atoms with Crippen LogP contribution < -0.4 is 5.32 Å². The van der Waals surface area contributed by atoms with Crippen molar-refractivity contribution >= 4 is 5.91 Å². The number of carbonyl (C=O) groups is 1. The van der Waals surface area contributed by atoms with Gasteiger partial charge in [-0.05, 0) is 31.0 Å². The van der Waals surface area contributed by atoms with Crippen molar-refractivity contribution in [2.24, 2.45) is 5.92 Å². The number of hydrogen-bond acceptors (Lipinski definition) is 2. The fraction of sp³-hybridized carbons (Fsp3) is 0.562. The van der Waals surface area contributed by atoms with Crippen LogP contribution in [-0.2, 0) is 17.4 Å². The summed E-state index contributed by atoms with van der Waals surface area (Å²) in [4.78, 5) is 14.3. The first kappa shape index (κ1) is 16.8. The third kappa shape index (κ3) is 4.00. The number of benzene rings is 1. The molecule has 0 aromatic heterocycles. The molecule has 1 aliphatic rings. The van der Waals surface area contributed by atoms with Crippen LogP contribution in [0.25, 0.3) is 0 Å². The van der Waals surface area contributed by atoms with Crippen LogP contribution in [0, 0.1) is 5.92 Å². The predicted molar refractivity (Wildman–Crippen MR) is 78.4 cm³/mol. The van der Waals surface area contributed by atoms with E-state index in [0.29, 0.717) is 13.0 Å². The minimum absolute atomic E-state index is 0.0638. The summed E-state index contributed by atoms with van der Waals surface area (Å²) in [6.45, 7) is 6.06. The lowest BCUT2D eigenvalue weighted by atomic mass is 9.98. The summed E-state index contributed by atoms with van der Waals surface area (Å²) in [6, 6.07) is 5.19. The maximum Gasteiger partial charge on any atom is 0.416 e. The molecule has 0 aliphatic carbocycles.